The lowest BCUT2D eigenvalue weighted by molar-refractivity contribution is 0.797. The Morgan fingerprint density at radius 1 is 1.28 bits per heavy atom. The number of rotatable bonds is 3. The summed E-state index contributed by atoms with van der Waals surface area (Å²) in [5.74, 6) is 0. The Morgan fingerprint density at radius 3 is 2.67 bits per heavy atom. The van der Waals surface area contributed by atoms with E-state index in [9.17, 15) is 0 Å². The van der Waals surface area contributed by atoms with E-state index in [2.05, 4.69) is 5.10 Å². The summed E-state index contributed by atoms with van der Waals surface area (Å²) in [5.41, 5.74) is 3.62. The highest BCUT2D eigenvalue weighted by Crippen LogP contribution is 2.16. The first-order valence-electron chi connectivity index (χ1n) is 5.73. The second-order valence-corrected chi connectivity index (χ2v) is 4.41. The molecule has 4 nitrogen and oxygen atoms in total. The Balaban J connectivity index is 2.40. The fraction of sp³-hybridized carbons (Fsp3) is 0.214. The smallest absolute Gasteiger partial charge is 0.0679 e. The van der Waals surface area contributed by atoms with Gasteiger partial charge < -0.3 is 10.8 Å². The SMILES string of the molecule is CC(=N)/C(C)=C\C(=N)c1ccc2c(cnn2C)c1. The molecule has 0 aliphatic heterocycles. The monoisotopic (exact) mass is 240 g/mol. The van der Waals surface area contributed by atoms with Gasteiger partial charge in [0.1, 0.15) is 0 Å². The van der Waals surface area contributed by atoms with Crippen molar-refractivity contribution in [3.8, 4) is 0 Å². The molecule has 0 fully saturated rings. The fourth-order valence-corrected chi connectivity index (χ4v) is 1.74. The summed E-state index contributed by atoms with van der Waals surface area (Å²) >= 11 is 0. The van der Waals surface area contributed by atoms with Gasteiger partial charge in [-0.15, -0.1) is 0 Å². The van der Waals surface area contributed by atoms with Crippen LogP contribution in [-0.4, -0.2) is 21.2 Å². The molecule has 0 aliphatic rings. The Bertz CT molecular complexity index is 661. The van der Waals surface area contributed by atoms with Crippen molar-refractivity contribution in [2.45, 2.75) is 13.8 Å². The second kappa shape index (κ2) is 4.56. The van der Waals surface area contributed by atoms with Crippen LogP contribution in [0, 0.1) is 10.8 Å². The van der Waals surface area contributed by atoms with E-state index in [4.69, 9.17) is 10.8 Å². The third-order valence-electron chi connectivity index (χ3n) is 3.01. The van der Waals surface area contributed by atoms with Crippen molar-refractivity contribution < 1.29 is 0 Å². The Labute approximate surface area is 106 Å². The maximum Gasteiger partial charge on any atom is 0.0679 e. The summed E-state index contributed by atoms with van der Waals surface area (Å²) in [7, 11) is 1.90. The van der Waals surface area contributed by atoms with E-state index in [-0.39, 0.29) is 0 Å². The second-order valence-electron chi connectivity index (χ2n) is 4.41. The molecule has 1 aromatic carbocycles. The van der Waals surface area contributed by atoms with Gasteiger partial charge in [0.25, 0.3) is 0 Å². The van der Waals surface area contributed by atoms with Crippen molar-refractivity contribution in [2.75, 3.05) is 0 Å². The zero-order valence-corrected chi connectivity index (χ0v) is 10.8. The van der Waals surface area contributed by atoms with Crippen LogP contribution in [0.1, 0.15) is 19.4 Å². The average molecular weight is 240 g/mol. The van der Waals surface area contributed by atoms with E-state index in [1.54, 1.807) is 19.2 Å². The third-order valence-corrected chi connectivity index (χ3v) is 3.01. The molecule has 4 heteroatoms. The molecule has 0 aliphatic carbocycles. The van der Waals surface area contributed by atoms with Gasteiger partial charge in [0.15, 0.2) is 0 Å². The minimum absolute atomic E-state index is 0.421. The van der Waals surface area contributed by atoms with Crippen LogP contribution in [0.15, 0.2) is 36.0 Å². The highest BCUT2D eigenvalue weighted by Gasteiger charge is 2.04. The first kappa shape index (κ1) is 12.2. The molecule has 1 aromatic heterocycles. The van der Waals surface area contributed by atoms with Crippen LogP contribution in [0.25, 0.3) is 10.9 Å². The maximum atomic E-state index is 8.04. The molecule has 2 aromatic rings. The number of nitrogens with one attached hydrogen (secondary N) is 2. The summed E-state index contributed by atoms with van der Waals surface area (Å²) in [6.45, 7) is 3.57. The molecule has 0 radical (unpaired) electrons. The molecule has 0 saturated heterocycles. The van der Waals surface area contributed by atoms with Gasteiger partial charge in [0, 0.05) is 23.7 Å². The van der Waals surface area contributed by atoms with Crippen LogP contribution in [0.4, 0.5) is 0 Å². The quantitative estimate of drug-likeness (QED) is 0.796. The van der Waals surface area contributed by atoms with E-state index in [0.29, 0.717) is 11.4 Å². The van der Waals surface area contributed by atoms with Crippen molar-refractivity contribution in [1.29, 1.82) is 10.8 Å². The number of fused-ring (bicyclic) bond motifs is 1. The van der Waals surface area contributed by atoms with E-state index < -0.39 is 0 Å². The van der Waals surface area contributed by atoms with E-state index >= 15 is 0 Å². The largest absolute Gasteiger partial charge is 0.305 e. The van der Waals surface area contributed by atoms with Crippen LogP contribution in [0.5, 0.6) is 0 Å². The van der Waals surface area contributed by atoms with Gasteiger partial charge in [0.2, 0.25) is 0 Å². The Hall–Kier alpha value is -2.23. The Kier molecular flexibility index (Phi) is 3.10. The highest BCUT2D eigenvalue weighted by molar-refractivity contribution is 6.12. The molecule has 0 atom stereocenters. The highest BCUT2D eigenvalue weighted by atomic mass is 15.2. The lowest BCUT2D eigenvalue weighted by Crippen LogP contribution is -1.99. The van der Waals surface area contributed by atoms with Gasteiger partial charge in [-0.2, -0.15) is 5.10 Å². The molecule has 92 valence electrons. The number of benzene rings is 1. The summed E-state index contributed by atoms with van der Waals surface area (Å²) in [5, 5.41) is 20.8. The van der Waals surface area contributed by atoms with Crippen LogP contribution in [0.3, 0.4) is 0 Å². The minimum Gasteiger partial charge on any atom is -0.305 e. The zero-order valence-electron chi connectivity index (χ0n) is 10.8. The summed E-state index contributed by atoms with van der Waals surface area (Å²) in [4.78, 5) is 0. The van der Waals surface area contributed by atoms with Gasteiger partial charge in [-0.25, -0.2) is 0 Å². The number of allylic oxidation sites excluding steroid dienone is 2. The molecule has 0 amide bonds. The minimum atomic E-state index is 0.421. The lowest BCUT2D eigenvalue weighted by atomic mass is 10.0. The first-order chi connectivity index (χ1) is 8.49. The number of aromatic nitrogens is 2. The number of aryl methyl sites for hydroxylation is 1. The van der Waals surface area contributed by atoms with Crippen molar-refractivity contribution in [2.24, 2.45) is 7.05 Å². The molecular formula is C14H16N4. The molecule has 18 heavy (non-hydrogen) atoms. The topological polar surface area (TPSA) is 65.5 Å². The summed E-state index contributed by atoms with van der Waals surface area (Å²) in [6.07, 6.45) is 3.52. The predicted octanol–water partition coefficient (Wildman–Crippen LogP) is 2.93. The van der Waals surface area contributed by atoms with Gasteiger partial charge in [-0.1, -0.05) is 6.07 Å². The zero-order chi connectivity index (χ0) is 13.3. The normalized spacial score (nSPS) is 11.8. The predicted molar refractivity (Wildman–Crippen MR) is 74.7 cm³/mol. The van der Waals surface area contributed by atoms with E-state index in [1.165, 1.54) is 0 Å². The molecule has 0 spiro atoms. The molecule has 2 rings (SSSR count). The van der Waals surface area contributed by atoms with Crippen LogP contribution >= 0.6 is 0 Å². The van der Waals surface area contributed by atoms with Crippen molar-refractivity contribution >= 4 is 22.3 Å². The lowest BCUT2D eigenvalue weighted by Gasteiger charge is -2.02. The molecule has 0 saturated carbocycles. The standard InChI is InChI=1S/C14H16N4/c1-9(10(2)15)6-13(16)11-4-5-14-12(7-11)8-17-18(14)3/h4-8,15-16H,1-3H3/b9-6-,15-10?,16-13?. The number of nitrogens with zero attached hydrogens (tertiary/aromatic N) is 2. The number of hydrogen-bond donors (Lipinski definition) is 2. The molecule has 0 bridgehead atoms. The van der Waals surface area contributed by atoms with Crippen molar-refractivity contribution in [3.05, 3.63) is 41.6 Å². The average Bonchev–Trinajstić information content (AvgIpc) is 2.70. The van der Waals surface area contributed by atoms with Crippen LogP contribution in [-0.2, 0) is 7.05 Å². The third kappa shape index (κ3) is 2.22. The van der Waals surface area contributed by atoms with Gasteiger partial charge in [-0.05, 0) is 37.6 Å². The molecule has 1 heterocycles. The fourth-order valence-electron chi connectivity index (χ4n) is 1.74. The molecule has 0 unspecified atom stereocenters. The van der Waals surface area contributed by atoms with Crippen molar-refractivity contribution in [3.63, 3.8) is 0 Å². The van der Waals surface area contributed by atoms with Gasteiger partial charge in [0.05, 0.1) is 17.4 Å². The Morgan fingerprint density at radius 2 is 2.00 bits per heavy atom. The van der Waals surface area contributed by atoms with Gasteiger partial charge in [-0.3, -0.25) is 4.68 Å². The first-order valence-corrected chi connectivity index (χ1v) is 5.73. The molecular weight excluding hydrogens is 224 g/mol. The van der Waals surface area contributed by atoms with Gasteiger partial charge >= 0.3 is 0 Å². The van der Waals surface area contributed by atoms with Crippen LogP contribution in [0.2, 0.25) is 0 Å². The summed E-state index contributed by atoms with van der Waals surface area (Å²) in [6, 6.07) is 5.83. The van der Waals surface area contributed by atoms with E-state index in [1.807, 2.05) is 36.9 Å². The van der Waals surface area contributed by atoms with E-state index in [0.717, 1.165) is 22.0 Å². The van der Waals surface area contributed by atoms with Crippen molar-refractivity contribution in [1.82, 2.24) is 9.78 Å². The maximum absolute atomic E-state index is 8.04. The summed E-state index contributed by atoms with van der Waals surface area (Å²) < 4.78 is 1.81. The number of hydrogen-bond acceptors (Lipinski definition) is 3. The molecule has 2 N–H and O–H groups in total. The van der Waals surface area contributed by atoms with Crippen LogP contribution < -0.4 is 0 Å².